The smallest absolute Gasteiger partial charge is 0.237 e. The average Bonchev–Trinajstić information content (AvgIpc) is 2.70. The zero-order valence-electron chi connectivity index (χ0n) is 16.3. The summed E-state index contributed by atoms with van der Waals surface area (Å²) in [5, 5.41) is 5.02. The van der Waals surface area contributed by atoms with Gasteiger partial charge in [0, 0.05) is 22.5 Å². The first-order chi connectivity index (χ1) is 13.4. The van der Waals surface area contributed by atoms with Gasteiger partial charge in [0.15, 0.2) is 0 Å². The molecule has 1 amide bonds. The van der Waals surface area contributed by atoms with Gasteiger partial charge in [-0.25, -0.2) is 0 Å². The van der Waals surface area contributed by atoms with E-state index < -0.39 is 5.54 Å². The number of halogens is 2. The molecule has 5 heteroatoms. The lowest BCUT2D eigenvalue weighted by molar-refractivity contribution is -0.125. The normalized spacial score (nSPS) is 18.4. The van der Waals surface area contributed by atoms with Crippen LogP contribution in [-0.2, 0) is 4.79 Å². The molecule has 0 aromatic heterocycles. The van der Waals surface area contributed by atoms with Crippen molar-refractivity contribution >= 4 is 29.1 Å². The van der Waals surface area contributed by atoms with Gasteiger partial charge in [-0.3, -0.25) is 4.79 Å². The third-order valence-corrected chi connectivity index (χ3v) is 6.64. The van der Waals surface area contributed by atoms with Crippen LogP contribution in [0, 0.1) is 0 Å². The van der Waals surface area contributed by atoms with E-state index in [-0.39, 0.29) is 17.7 Å². The van der Waals surface area contributed by atoms with E-state index in [2.05, 4.69) is 36.5 Å². The SMILES string of the molecule is CC(c1ccc(Cl)cc1)C(CNC1(C(N)=O)CCCCC1)c1ccc(Cl)cc1. The highest BCUT2D eigenvalue weighted by Crippen LogP contribution is 2.35. The second-order valence-electron chi connectivity index (χ2n) is 7.89. The number of nitrogens with two attached hydrogens (primary N) is 1. The number of rotatable bonds is 7. The Hall–Kier alpha value is -1.55. The van der Waals surface area contributed by atoms with E-state index in [1.807, 2.05) is 24.3 Å². The van der Waals surface area contributed by atoms with Crippen molar-refractivity contribution < 1.29 is 4.79 Å². The Balaban J connectivity index is 1.86. The number of carbonyl (C=O) groups is 1. The summed E-state index contributed by atoms with van der Waals surface area (Å²) in [7, 11) is 0. The van der Waals surface area contributed by atoms with Crippen molar-refractivity contribution in [1.82, 2.24) is 5.32 Å². The Bertz CT molecular complexity index is 783. The van der Waals surface area contributed by atoms with Gasteiger partial charge in [0.25, 0.3) is 0 Å². The first-order valence-corrected chi connectivity index (χ1v) is 10.7. The van der Waals surface area contributed by atoms with Crippen LogP contribution >= 0.6 is 23.2 Å². The summed E-state index contributed by atoms with van der Waals surface area (Å²) in [5.74, 6) is 0.178. The summed E-state index contributed by atoms with van der Waals surface area (Å²) in [6, 6.07) is 16.0. The maximum atomic E-state index is 12.3. The highest BCUT2D eigenvalue weighted by Gasteiger charge is 2.38. The molecule has 2 aromatic rings. The second kappa shape index (κ2) is 9.30. The molecule has 1 aliphatic rings. The molecular weight excluding hydrogens is 391 g/mol. The number of hydrogen-bond acceptors (Lipinski definition) is 2. The summed E-state index contributed by atoms with van der Waals surface area (Å²) in [6.45, 7) is 2.89. The Kier molecular flexibility index (Phi) is 7.03. The molecule has 2 atom stereocenters. The van der Waals surface area contributed by atoms with Gasteiger partial charge in [-0.2, -0.15) is 0 Å². The molecule has 0 bridgehead atoms. The zero-order valence-corrected chi connectivity index (χ0v) is 17.8. The molecule has 2 aromatic carbocycles. The number of benzene rings is 2. The van der Waals surface area contributed by atoms with E-state index in [4.69, 9.17) is 28.9 Å². The molecule has 0 heterocycles. The van der Waals surface area contributed by atoms with E-state index in [1.54, 1.807) is 0 Å². The molecule has 2 unspecified atom stereocenters. The van der Waals surface area contributed by atoms with Crippen LogP contribution in [-0.4, -0.2) is 18.0 Å². The highest BCUT2D eigenvalue weighted by molar-refractivity contribution is 6.30. The summed E-state index contributed by atoms with van der Waals surface area (Å²) in [4.78, 5) is 12.3. The molecule has 1 fully saturated rings. The second-order valence-corrected chi connectivity index (χ2v) is 8.76. The molecule has 3 N–H and O–H groups in total. The van der Waals surface area contributed by atoms with Gasteiger partial charge in [0.05, 0.1) is 5.54 Å². The van der Waals surface area contributed by atoms with E-state index in [9.17, 15) is 4.79 Å². The molecule has 150 valence electrons. The van der Waals surface area contributed by atoms with Gasteiger partial charge < -0.3 is 11.1 Å². The molecular formula is C23H28Cl2N2O. The predicted octanol–water partition coefficient (Wildman–Crippen LogP) is 5.66. The Morgan fingerprint density at radius 2 is 1.46 bits per heavy atom. The lowest BCUT2D eigenvalue weighted by atomic mass is 9.78. The van der Waals surface area contributed by atoms with E-state index in [0.29, 0.717) is 6.54 Å². The van der Waals surface area contributed by atoms with E-state index in [0.717, 1.165) is 35.7 Å². The highest BCUT2D eigenvalue weighted by atomic mass is 35.5. The van der Waals surface area contributed by atoms with Crippen molar-refractivity contribution in [2.45, 2.75) is 56.4 Å². The van der Waals surface area contributed by atoms with Gasteiger partial charge in [-0.15, -0.1) is 0 Å². The minimum Gasteiger partial charge on any atom is -0.368 e. The van der Waals surface area contributed by atoms with Crippen molar-refractivity contribution in [3.63, 3.8) is 0 Å². The van der Waals surface area contributed by atoms with Gasteiger partial charge in [0.2, 0.25) is 5.91 Å². The maximum Gasteiger partial charge on any atom is 0.237 e. The van der Waals surface area contributed by atoms with Gasteiger partial charge in [0.1, 0.15) is 0 Å². The monoisotopic (exact) mass is 418 g/mol. The molecule has 28 heavy (non-hydrogen) atoms. The molecule has 0 radical (unpaired) electrons. The zero-order chi connectivity index (χ0) is 20.1. The Morgan fingerprint density at radius 1 is 0.964 bits per heavy atom. The molecule has 3 rings (SSSR count). The lowest BCUT2D eigenvalue weighted by Crippen LogP contribution is -2.57. The molecule has 1 aliphatic carbocycles. The largest absolute Gasteiger partial charge is 0.368 e. The van der Waals surface area contributed by atoms with Crippen LogP contribution < -0.4 is 11.1 Å². The Labute approximate surface area is 177 Å². The first-order valence-electron chi connectivity index (χ1n) is 9.97. The van der Waals surface area contributed by atoms with Crippen molar-refractivity contribution in [2.75, 3.05) is 6.54 Å². The average molecular weight is 419 g/mol. The van der Waals surface area contributed by atoms with Crippen molar-refractivity contribution in [2.24, 2.45) is 5.73 Å². The van der Waals surface area contributed by atoms with Crippen LogP contribution in [0.5, 0.6) is 0 Å². The van der Waals surface area contributed by atoms with Crippen LogP contribution in [0.25, 0.3) is 0 Å². The maximum absolute atomic E-state index is 12.3. The molecule has 0 spiro atoms. The van der Waals surface area contributed by atoms with Crippen LogP contribution in [0.2, 0.25) is 10.0 Å². The standard InChI is InChI=1S/C23H28Cl2N2O/c1-16(17-5-9-19(24)10-6-17)21(18-7-11-20(25)12-8-18)15-27-23(22(26)28)13-3-2-4-14-23/h5-12,16,21,27H,2-4,13-15H2,1H3,(H2,26,28). The van der Waals surface area contributed by atoms with Crippen LogP contribution in [0.1, 0.15) is 62.0 Å². The topological polar surface area (TPSA) is 55.1 Å². The van der Waals surface area contributed by atoms with Crippen molar-refractivity contribution in [3.8, 4) is 0 Å². The minimum absolute atomic E-state index is 0.177. The number of primary amides is 1. The lowest BCUT2D eigenvalue weighted by Gasteiger charge is -2.37. The number of nitrogens with one attached hydrogen (secondary N) is 1. The molecule has 0 saturated heterocycles. The first kappa shape index (κ1) is 21.2. The van der Waals surface area contributed by atoms with Crippen LogP contribution in [0.3, 0.4) is 0 Å². The van der Waals surface area contributed by atoms with Crippen LogP contribution in [0.15, 0.2) is 48.5 Å². The van der Waals surface area contributed by atoms with Gasteiger partial charge in [-0.05, 0) is 54.2 Å². The fourth-order valence-corrected chi connectivity index (χ4v) is 4.51. The summed E-state index contributed by atoms with van der Waals surface area (Å²) < 4.78 is 0. The predicted molar refractivity (Wildman–Crippen MR) is 117 cm³/mol. The van der Waals surface area contributed by atoms with Crippen molar-refractivity contribution in [1.29, 1.82) is 0 Å². The number of amides is 1. The quantitative estimate of drug-likeness (QED) is 0.609. The molecule has 1 saturated carbocycles. The van der Waals surface area contributed by atoms with E-state index in [1.165, 1.54) is 17.5 Å². The number of carbonyl (C=O) groups excluding carboxylic acids is 1. The van der Waals surface area contributed by atoms with Gasteiger partial charge >= 0.3 is 0 Å². The summed E-state index contributed by atoms with van der Waals surface area (Å²) in [5.41, 5.74) is 7.62. The van der Waals surface area contributed by atoms with E-state index >= 15 is 0 Å². The Morgan fingerprint density at radius 3 is 1.96 bits per heavy atom. The minimum atomic E-state index is -0.595. The van der Waals surface area contributed by atoms with Gasteiger partial charge in [-0.1, -0.05) is 73.7 Å². The third kappa shape index (κ3) is 4.89. The third-order valence-electron chi connectivity index (χ3n) is 6.14. The van der Waals surface area contributed by atoms with Crippen LogP contribution in [0.4, 0.5) is 0 Å². The number of hydrogen-bond donors (Lipinski definition) is 2. The summed E-state index contributed by atoms with van der Waals surface area (Å²) >= 11 is 12.2. The fraction of sp³-hybridized carbons (Fsp3) is 0.435. The fourth-order valence-electron chi connectivity index (χ4n) is 4.26. The molecule has 3 nitrogen and oxygen atoms in total. The molecule has 0 aliphatic heterocycles. The van der Waals surface area contributed by atoms with Crippen molar-refractivity contribution in [3.05, 3.63) is 69.7 Å². The summed E-state index contributed by atoms with van der Waals surface area (Å²) in [6.07, 6.45) is 4.86.